The minimum Gasteiger partial charge on any atom is -0.462 e. The Morgan fingerprint density at radius 3 is 2.40 bits per heavy atom. The summed E-state index contributed by atoms with van der Waals surface area (Å²) >= 11 is 0. The number of piperazine rings is 1. The first kappa shape index (κ1) is 21.6. The van der Waals surface area contributed by atoms with E-state index in [9.17, 15) is 4.79 Å². The van der Waals surface area contributed by atoms with E-state index in [1.54, 1.807) is 0 Å². The van der Waals surface area contributed by atoms with Crippen LogP contribution in [0.25, 0.3) is 0 Å². The summed E-state index contributed by atoms with van der Waals surface area (Å²) in [5, 5.41) is 0. The van der Waals surface area contributed by atoms with Gasteiger partial charge in [-0.25, -0.2) is 0 Å². The van der Waals surface area contributed by atoms with Gasteiger partial charge in [0.1, 0.15) is 6.10 Å². The summed E-state index contributed by atoms with van der Waals surface area (Å²) in [5.41, 5.74) is 2.66. The lowest BCUT2D eigenvalue weighted by Gasteiger charge is -2.37. The smallest absolute Gasteiger partial charge is 0.312 e. The first-order chi connectivity index (χ1) is 14.5. The van der Waals surface area contributed by atoms with Gasteiger partial charge in [0.15, 0.2) is 0 Å². The first-order valence-corrected chi connectivity index (χ1v) is 12.0. The maximum Gasteiger partial charge on any atom is 0.312 e. The molecule has 3 fully saturated rings. The average molecular weight is 414 g/mol. The molecule has 0 radical (unpaired) electrons. The van der Waals surface area contributed by atoms with Crippen molar-refractivity contribution in [1.29, 1.82) is 0 Å². The average Bonchev–Trinajstić information content (AvgIpc) is 3.08. The number of hydrogen-bond donors (Lipinski definition) is 0. The maximum absolute atomic E-state index is 12.6. The van der Waals surface area contributed by atoms with E-state index in [2.05, 4.69) is 59.7 Å². The Kier molecular flexibility index (Phi) is 6.69. The van der Waals surface area contributed by atoms with Crippen molar-refractivity contribution in [2.45, 2.75) is 58.5 Å². The number of rotatable bonds is 6. The van der Waals surface area contributed by atoms with E-state index in [1.807, 2.05) is 0 Å². The van der Waals surface area contributed by atoms with Crippen molar-refractivity contribution in [2.24, 2.45) is 5.41 Å². The molecule has 0 aliphatic carbocycles. The lowest BCUT2D eigenvalue weighted by molar-refractivity contribution is -0.151. The molecule has 3 aliphatic heterocycles. The third-order valence-electron chi connectivity index (χ3n) is 7.62. The molecule has 5 nitrogen and oxygen atoms in total. The Labute approximate surface area is 182 Å². The zero-order chi connectivity index (χ0) is 21.1. The maximum atomic E-state index is 12.6. The van der Waals surface area contributed by atoms with Crippen molar-refractivity contribution in [3.63, 3.8) is 0 Å². The highest BCUT2D eigenvalue weighted by Crippen LogP contribution is 2.43. The van der Waals surface area contributed by atoms with Gasteiger partial charge in [0.05, 0.1) is 5.41 Å². The summed E-state index contributed by atoms with van der Waals surface area (Å²) in [6.45, 7) is 15.3. The van der Waals surface area contributed by atoms with Crippen LogP contribution in [-0.2, 0) is 9.53 Å². The molecule has 30 heavy (non-hydrogen) atoms. The molecule has 4 rings (SSSR count). The summed E-state index contributed by atoms with van der Waals surface area (Å²) in [6, 6.07) is 8.84. The Hall–Kier alpha value is -1.59. The van der Waals surface area contributed by atoms with E-state index in [0.29, 0.717) is 5.92 Å². The largest absolute Gasteiger partial charge is 0.462 e. The van der Waals surface area contributed by atoms with Gasteiger partial charge in [0, 0.05) is 44.8 Å². The van der Waals surface area contributed by atoms with Gasteiger partial charge in [-0.1, -0.05) is 39.0 Å². The molecule has 166 valence electrons. The van der Waals surface area contributed by atoms with Gasteiger partial charge in [-0.2, -0.15) is 0 Å². The molecule has 0 N–H and O–H groups in total. The molecule has 0 bridgehead atoms. The lowest BCUT2D eigenvalue weighted by Crippen LogP contribution is -2.47. The van der Waals surface area contributed by atoms with Gasteiger partial charge >= 0.3 is 5.97 Å². The molecular weight excluding hydrogens is 374 g/mol. The molecule has 1 aromatic carbocycles. The fourth-order valence-corrected chi connectivity index (χ4v) is 5.51. The number of piperidine rings is 1. The van der Waals surface area contributed by atoms with Crippen LogP contribution in [0.1, 0.15) is 57.9 Å². The number of cyclic esters (lactones) is 1. The van der Waals surface area contributed by atoms with E-state index in [0.717, 1.165) is 78.0 Å². The number of ether oxygens (including phenoxy) is 1. The second-order valence-corrected chi connectivity index (χ2v) is 9.78. The van der Waals surface area contributed by atoms with Gasteiger partial charge in [-0.05, 0) is 56.4 Å². The zero-order valence-electron chi connectivity index (χ0n) is 19.1. The summed E-state index contributed by atoms with van der Waals surface area (Å²) in [6.07, 6.45) is 3.98. The fourth-order valence-electron chi connectivity index (χ4n) is 5.51. The van der Waals surface area contributed by atoms with Gasteiger partial charge in [0.2, 0.25) is 0 Å². The number of carbonyl (C=O) groups excluding carboxylic acids is 1. The molecule has 1 aromatic rings. The topological polar surface area (TPSA) is 36.0 Å². The van der Waals surface area contributed by atoms with Gasteiger partial charge in [-0.15, -0.1) is 0 Å². The number of likely N-dealkylation sites (tertiary alicyclic amines) is 1. The Morgan fingerprint density at radius 2 is 1.73 bits per heavy atom. The number of anilines is 1. The molecule has 1 atom stereocenters. The number of nitrogens with zero attached hydrogens (tertiary/aromatic N) is 3. The predicted octanol–water partition coefficient (Wildman–Crippen LogP) is 3.74. The molecule has 1 unspecified atom stereocenters. The minimum atomic E-state index is -0.185. The molecule has 0 aromatic heterocycles. The van der Waals surface area contributed by atoms with Crippen LogP contribution in [0, 0.1) is 5.41 Å². The first-order valence-electron chi connectivity index (χ1n) is 12.0. The Bertz CT molecular complexity index is 719. The highest BCUT2D eigenvalue weighted by atomic mass is 16.6. The van der Waals surface area contributed by atoms with Crippen molar-refractivity contribution >= 4 is 11.7 Å². The molecule has 3 aliphatic rings. The molecule has 3 heterocycles. The monoisotopic (exact) mass is 413 g/mol. The van der Waals surface area contributed by atoms with Crippen LogP contribution < -0.4 is 4.90 Å². The molecule has 0 amide bonds. The molecule has 5 heteroatoms. The highest BCUT2D eigenvalue weighted by Gasteiger charge is 2.50. The number of esters is 1. The van der Waals surface area contributed by atoms with Crippen LogP contribution in [0.3, 0.4) is 0 Å². The van der Waals surface area contributed by atoms with Crippen LogP contribution >= 0.6 is 0 Å². The molecule has 1 spiro atoms. The van der Waals surface area contributed by atoms with Gasteiger partial charge in [-0.3, -0.25) is 9.69 Å². The van der Waals surface area contributed by atoms with Crippen molar-refractivity contribution < 1.29 is 9.53 Å². The van der Waals surface area contributed by atoms with E-state index in [-0.39, 0.29) is 17.5 Å². The fraction of sp³-hybridized carbons (Fsp3) is 0.720. The van der Waals surface area contributed by atoms with E-state index < -0.39 is 0 Å². The SMILES string of the molecule is CCN1CCC2(CC1)CC(CCN1CCN(c3ccccc3C(C)C)CC1)OC2=O. The van der Waals surface area contributed by atoms with Crippen LogP contribution in [0.15, 0.2) is 24.3 Å². The standard InChI is InChI=1S/C25H39N3O2/c1-4-26-13-10-25(11-14-26)19-21(30-24(25)29)9-12-27-15-17-28(18-16-27)23-8-6-5-7-22(23)20(2)3/h5-8,20-21H,4,9-19H2,1-3H3. The van der Waals surface area contributed by atoms with Crippen molar-refractivity contribution in [2.75, 3.05) is 57.3 Å². The molecule has 0 saturated carbocycles. The second-order valence-electron chi connectivity index (χ2n) is 9.78. The lowest BCUT2D eigenvalue weighted by atomic mass is 9.76. The summed E-state index contributed by atoms with van der Waals surface area (Å²) < 4.78 is 5.85. The molecule has 3 saturated heterocycles. The summed E-state index contributed by atoms with van der Waals surface area (Å²) in [7, 11) is 0. The number of carbonyl (C=O) groups is 1. The van der Waals surface area contributed by atoms with Crippen molar-refractivity contribution in [3.8, 4) is 0 Å². The van der Waals surface area contributed by atoms with Crippen LogP contribution in [0.4, 0.5) is 5.69 Å². The Balaban J connectivity index is 1.25. The summed E-state index contributed by atoms with van der Waals surface area (Å²) in [5.74, 6) is 0.631. The zero-order valence-corrected chi connectivity index (χ0v) is 19.1. The van der Waals surface area contributed by atoms with Crippen molar-refractivity contribution in [3.05, 3.63) is 29.8 Å². The third-order valence-corrected chi connectivity index (χ3v) is 7.62. The third kappa shape index (κ3) is 4.52. The van der Waals surface area contributed by atoms with Crippen LogP contribution in [0.2, 0.25) is 0 Å². The van der Waals surface area contributed by atoms with E-state index in [4.69, 9.17) is 4.74 Å². The van der Waals surface area contributed by atoms with E-state index in [1.165, 1.54) is 11.3 Å². The minimum absolute atomic E-state index is 0.0818. The normalized spacial score (nSPS) is 25.3. The number of para-hydroxylation sites is 1. The van der Waals surface area contributed by atoms with Crippen LogP contribution in [0.5, 0.6) is 0 Å². The van der Waals surface area contributed by atoms with E-state index >= 15 is 0 Å². The van der Waals surface area contributed by atoms with Gasteiger partial charge in [0.25, 0.3) is 0 Å². The quantitative estimate of drug-likeness (QED) is 0.664. The number of hydrogen-bond acceptors (Lipinski definition) is 5. The number of benzene rings is 1. The highest BCUT2D eigenvalue weighted by molar-refractivity contribution is 5.79. The van der Waals surface area contributed by atoms with Crippen LogP contribution in [-0.4, -0.2) is 74.2 Å². The second kappa shape index (κ2) is 9.27. The van der Waals surface area contributed by atoms with Crippen molar-refractivity contribution in [1.82, 2.24) is 9.80 Å². The predicted molar refractivity (Wildman–Crippen MR) is 122 cm³/mol. The Morgan fingerprint density at radius 1 is 1.03 bits per heavy atom. The summed E-state index contributed by atoms with van der Waals surface area (Å²) in [4.78, 5) is 20.2. The molecular formula is C25H39N3O2. The van der Waals surface area contributed by atoms with Gasteiger partial charge < -0.3 is 14.5 Å².